The van der Waals surface area contributed by atoms with Gasteiger partial charge in [-0.05, 0) is 77.3 Å². The van der Waals surface area contributed by atoms with Crippen LogP contribution in [0, 0.1) is 0 Å². The second kappa shape index (κ2) is 10.4. The molecule has 3 aromatic carbocycles. The Hall–Kier alpha value is -3.48. The van der Waals surface area contributed by atoms with Crippen LogP contribution < -0.4 is 9.47 Å². The van der Waals surface area contributed by atoms with Crippen molar-refractivity contribution in [1.82, 2.24) is 0 Å². The van der Waals surface area contributed by atoms with E-state index in [4.69, 9.17) is 9.47 Å². The summed E-state index contributed by atoms with van der Waals surface area (Å²) in [4.78, 5) is 11.7. The molecule has 0 N–H and O–H groups in total. The number of ether oxygens (including phenoxy) is 3. The first-order valence-corrected chi connectivity index (χ1v) is 11.6. The molecule has 1 unspecified atom stereocenters. The summed E-state index contributed by atoms with van der Waals surface area (Å²) in [6.07, 6.45) is -2.01. The molecule has 0 saturated heterocycles. The lowest BCUT2D eigenvalue weighted by Crippen LogP contribution is -2.17. The molecular formula is C28H27F3O4. The topological polar surface area (TPSA) is 44.8 Å². The Bertz CT molecular complexity index is 1170. The van der Waals surface area contributed by atoms with Crippen molar-refractivity contribution in [3.8, 4) is 22.6 Å². The van der Waals surface area contributed by atoms with Gasteiger partial charge >= 0.3 is 12.3 Å². The van der Waals surface area contributed by atoms with Gasteiger partial charge in [0.05, 0.1) is 13.5 Å². The highest BCUT2D eigenvalue weighted by molar-refractivity contribution is 5.70. The molecule has 184 valence electrons. The van der Waals surface area contributed by atoms with Gasteiger partial charge in [-0.2, -0.15) is 0 Å². The largest absolute Gasteiger partial charge is 0.573 e. The van der Waals surface area contributed by atoms with Gasteiger partial charge in [0.25, 0.3) is 0 Å². The van der Waals surface area contributed by atoms with Crippen LogP contribution in [-0.4, -0.2) is 19.4 Å². The summed E-state index contributed by atoms with van der Waals surface area (Å²) in [5, 5.41) is 0. The van der Waals surface area contributed by atoms with E-state index in [1.807, 2.05) is 49.4 Å². The molecule has 0 aromatic heterocycles. The normalized spacial score (nSPS) is 15.9. The lowest BCUT2D eigenvalue weighted by Gasteiger charge is -2.18. The van der Waals surface area contributed by atoms with E-state index in [0.717, 1.165) is 47.3 Å². The first-order chi connectivity index (χ1) is 16.8. The molecule has 35 heavy (non-hydrogen) atoms. The summed E-state index contributed by atoms with van der Waals surface area (Å²) in [6, 6.07) is 19.7. The number of benzene rings is 3. The Labute approximate surface area is 202 Å². The fourth-order valence-corrected chi connectivity index (χ4v) is 4.52. The van der Waals surface area contributed by atoms with Gasteiger partial charge in [0.2, 0.25) is 0 Å². The van der Waals surface area contributed by atoms with Gasteiger partial charge in [-0.15, -0.1) is 13.2 Å². The molecule has 4 nitrogen and oxygen atoms in total. The van der Waals surface area contributed by atoms with Crippen molar-refractivity contribution in [3.63, 3.8) is 0 Å². The first-order valence-electron chi connectivity index (χ1n) is 11.6. The van der Waals surface area contributed by atoms with Crippen LogP contribution in [-0.2, 0) is 16.0 Å². The Morgan fingerprint density at radius 3 is 2.43 bits per heavy atom. The number of methoxy groups -OCH3 is 1. The van der Waals surface area contributed by atoms with Crippen molar-refractivity contribution >= 4 is 5.97 Å². The Morgan fingerprint density at radius 1 is 1.00 bits per heavy atom. The first kappa shape index (κ1) is 24.6. The van der Waals surface area contributed by atoms with E-state index in [1.165, 1.54) is 19.2 Å². The fourth-order valence-electron chi connectivity index (χ4n) is 4.52. The van der Waals surface area contributed by atoms with Crippen molar-refractivity contribution in [3.05, 3.63) is 83.4 Å². The van der Waals surface area contributed by atoms with E-state index >= 15 is 0 Å². The van der Waals surface area contributed by atoms with Crippen molar-refractivity contribution in [2.45, 2.75) is 51.0 Å². The van der Waals surface area contributed by atoms with Crippen molar-refractivity contribution in [2.75, 3.05) is 7.11 Å². The van der Waals surface area contributed by atoms with Gasteiger partial charge in [0, 0.05) is 0 Å². The van der Waals surface area contributed by atoms with E-state index in [-0.39, 0.29) is 23.7 Å². The molecule has 1 aliphatic carbocycles. The van der Waals surface area contributed by atoms with Crippen LogP contribution in [0.1, 0.15) is 54.9 Å². The molecule has 0 amide bonds. The highest BCUT2D eigenvalue weighted by Crippen LogP contribution is 2.38. The summed E-state index contributed by atoms with van der Waals surface area (Å²) in [5.74, 6) is 0.388. The number of alkyl halides is 3. The van der Waals surface area contributed by atoms with Gasteiger partial charge in [0.1, 0.15) is 17.6 Å². The number of halogens is 3. The van der Waals surface area contributed by atoms with Gasteiger partial charge in [-0.25, -0.2) is 0 Å². The number of carbonyl (C=O) groups is 1. The second-order valence-corrected chi connectivity index (χ2v) is 8.59. The molecular weight excluding hydrogens is 457 g/mol. The lowest BCUT2D eigenvalue weighted by molar-refractivity contribution is -0.274. The lowest BCUT2D eigenvalue weighted by atomic mass is 9.93. The van der Waals surface area contributed by atoms with E-state index in [9.17, 15) is 18.0 Å². The van der Waals surface area contributed by atoms with Gasteiger partial charge < -0.3 is 14.2 Å². The highest BCUT2D eigenvalue weighted by Gasteiger charge is 2.31. The maximum absolute atomic E-state index is 12.6. The highest BCUT2D eigenvalue weighted by atomic mass is 19.4. The molecule has 3 aromatic rings. The molecule has 1 aliphatic rings. The quantitative estimate of drug-likeness (QED) is 0.313. The van der Waals surface area contributed by atoms with Gasteiger partial charge in [-0.1, -0.05) is 49.4 Å². The zero-order valence-electron chi connectivity index (χ0n) is 19.6. The summed E-state index contributed by atoms with van der Waals surface area (Å²) in [6.45, 7) is 2.04. The molecule has 0 aliphatic heterocycles. The van der Waals surface area contributed by atoms with Gasteiger partial charge in [0.15, 0.2) is 0 Å². The molecule has 0 spiro atoms. The minimum atomic E-state index is -4.72. The molecule has 0 fully saturated rings. The number of aryl methyl sites for hydroxylation is 1. The third-order valence-corrected chi connectivity index (χ3v) is 6.33. The standard InChI is InChI=1S/C28H27F3O4/c1-3-18(17-27(32)33-2)19-7-11-23(12-8-19)34-26-14-10-22-15-21(9-13-25(22)26)20-5-4-6-24(16-20)35-28(29,30)31/h4-9,11-13,15-16,18,26H,3,10,14,17H2,1-2H3/t18-,26?/m1/s1. The number of hydrogen-bond acceptors (Lipinski definition) is 4. The smallest absolute Gasteiger partial charge is 0.486 e. The number of esters is 1. The van der Waals surface area contributed by atoms with Crippen LogP contribution in [0.4, 0.5) is 13.2 Å². The predicted molar refractivity (Wildman–Crippen MR) is 126 cm³/mol. The number of carbonyl (C=O) groups excluding carboxylic acids is 1. The molecule has 0 bridgehead atoms. The predicted octanol–water partition coefficient (Wildman–Crippen LogP) is 7.38. The van der Waals surface area contributed by atoms with E-state index in [0.29, 0.717) is 12.0 Å². The summed E-state index contributed by atoms with van der Waals surface area (Å²) in [5.41, 5.74) is 4.76. The van der Waals surface area contributed by atoms with E-state index in [2.05, 4.69) is 4.74 Å². The third kappa shape index (κ3) is 6.15. The van der Waals surface area contributed by atoms with E-state index in [1.54, 1.807) is 12.1 Å². The Morgan fingerprint density at radius 2 is 1.74 bits per heavy atom. The summed E-state index contributed by atoms with van der Waals surface area (Å²) in [7, 11) is 1.40. The second-order valence-electron chi connectivity index (χ2n) is 8.59. The minimum absolute atomic E-state index is 0.0955. The average Bonchev–Trinajstić information content (AvgIpc) is 3.24. The minimum Gasteiger partial charge on any atom is -0.486 e. The van der Waals surface area contributed by atoms with Crippen molar-refractivity contribution in [1.29, 1.82) is 0 Å². The number of rotatable bonds is 8. The monoisotopic (exact) mass is 484 g/mol. The molecule has 0 radical (unpaired) electrons. The van der Waals surface area contributed by atoms with Crippen LogP contribution in [0.15, 0.2) is 66.7 Å². The summed E-state index contributed by atoms with van der Waals surface area (Å²) >= 11 is 0. The van der Waals surface area contributed by atoms with Crippen LogP contribution in [0.5, 0.6) is 11.5 Å². The van der Waals surface area contributed by atoms with Crippen molar-refractivity contribution in [2.24, 2.45) is 0 Å². The summed E-state index contributed by atoms with van der Waals surface area (Å²) < 4.78 is 52.8. The van der Waals surface area contributed by atoms with Crippen LogP contribution in [0.25, 0.3) is 11.1 Å². The number of hydrogen-bond donors (Lipinski definition) is 0. The SMILES string of the molecule is CC[C@H](CC(=O)OC)c1ccc(OC2CCc3cc(-c4cccc(OC(F)(F)F)c4)ccc32)cc1. The molecule has 0 heterocycles. The average molecular weight is 485 g/mol. The maximum atomic E-state index is 12.6. The molecule has 7 heteroatoms. The maximum Gasteiger partial charge on any atom is 0.573 e. The van der Waals surface area contributed by atoms with Crippen LogP contribution in [0.2, 0.25) is 0 Å². The van der Waals surface area contributed by atoms with Crippen molar-refractivity contribution < 1.29 is 32.2 Å². The Balaban J connectivity index is 1.46. The van der Waals surface area contributed by atoms with E-state index < -0.39 is 6.36 Å². The fraction of sp³-hybridized carbons (Fsp3) is 0.321. The molecule has 2 atom stereocenters. The van der Waals surface area contributed by atoms with Crippen LogP contribution in [0.3, 0.4) is 0 Å². The third-order valence-electron chi connectivity index (χ3n) is 6.33. The molecule has 4 rings (SSSR count). The zero-order valence-corrected chi connectivity index (χ0v) is 19.6. The number of fused-ring (bicyclic) bond motifs is 1. The van der Waals surface area contributed by atoms with Gasteiger partial charge in [-0.3, -0.25) is 4.79 Å². The Kier molecular flexibility index (Phi) is 7.34. The molecule has 0 saturated carbocycles. The van der Waals surface area contributed by atoms with Crippen LogP contribution >= 0.6 is 0 Å². The zero-order chi connectivity index (χ0) is 25.0.